The number of Topliss-reactive ketones (excluding diaryl/α,β-unsaturated/α-hetero) is 2. The highest BCUT2D eigenvalue weighted by atomic mass is 16.3. The van der Waals surface area contributed by atoms with Crippen LogP contribution in [0, 0.1) is 10.8 Å². The van der Waals surface area contributed by atoms with Gasteiger partial charge in [-0.25, -0.2) is 0 Å². The Bertz CT molecular complexity index is 629. The van der Waals surface area contributed by atoms with Gasteiger partial charge in [0.2, 0.25) is 0 Å². The van der Waals surface area contributed by atoms with E-state index < -0.39 is 28.3 Å². The number of carbonyl (C=O) groups is 2. The van der Waals surface area contributed by atoms with E-state index in [1.807, 2.05) is 19.0 Å². The van der Waals surface area contributed by atoms with Crippen molar-refractivity contribution in [2.75, 3.05) is 19.0 Å². The van der Waals surface area contributed by atoms with E-state index in [0.717, 1.165) is 5.69 Å². The Morgan fingerprint density at radius 2 is 1.29 bits per heavy atom. The van der Waals surface area contributed by atoms with Crippen LogP contribution in [-0.2, 0) is 9.59 Å². The van der Waals surface area contributed by atoms with Crippen LogP contribution in [0.2, 0.25) is 0 Å². The van der Waals surface area contributed by atoms with Crippen molar-refractivity contribution >= 4 is 23.1 Å². The molecular weight excluding hydrogens is 305 g/mol. The van der Waals surface area contributed by atoms with Gasteiger partial charge >= 0.3 is 0 Å². The SMILES string of the molecule is CN(C)c1cc[15n+](C([O-])=C(C(=O)C(C)(C)C)C(=O)C(C)(C)C)cc1. The molecule has 1 aromatic rings. The molecule has 0 spiro atoms. The number of hydrogen-bond donors (Lipinski definition) is 0. The zero-order chi connectivity index (χ0) is 18.9. The lowest BCUT2D eigenvalue weighted by molar-refractivity contribution is -0.652. The Kier molecular flexibility index (Phi) is 5.59. The van der Waals surface area contributed by atoms with Crippen molar-refractivity contribution in [3.63, 3.8) is 0 Å². The number of anilines is 1. The molecule has 0 saturated carbocycles. The molecular formula is C19H28N2O3. The third-order valence-electron chi connectivity index (χ3n) is 3.59. The fraction of sp³-hybridized carbons (Fsp3) is 0.526. The van der Waals surface area contributed by atoms with Crippen LogP contribution in [0.5, 0.6) is 0 Å². The molecule has 0 atom stereocenters. The van der Waals surface area contributed by atoms with E-state index in [0.29, 0.717) is 0 Å². The van der Waals surface area contributed by atoms with Gasteiger partial charge in [-0.1, -0.05) is 41.5 Å². The van der Waals surface area contributed by atoms with Gasteiger partial charge < -0.3 is 10.0 Å². The number of allylic oxidation sites excluding steroid dienone is 1. The Morgan fingerprint density at radius 3 is 1.58 bits per heavy atom. The predicted octanol–water partition coefficient (Wildman–Crippen LogP) is 1.80. The molecule has 132 valence electrons. The molecule has 0 fully saturated rings. The number of rotatable bonds is 4. The second-order valence-electron chi connectivity index (χ2n) is 8.20. The van der Waals surface area contributed by atoms with Crippen LogP contribution in [0.15, 0.2) is 30.1 Å². The quantitative estimate of drug-likeness (QED) is 0.277. The Morgan fingerprint density at radius 1 is 0.917 bits per heavy atom. The lowest BCUT2D eigenvalue weighted by Crippen LogP contribution is -2.44. The second-order valence-corrected chi connectivity index (χ2v) is 8.20. The summed E-state index contributed by atoms with van der Waals surface area (Å²) in [6.45, 7) is 10.2. The first-order valence-corrected chi connectivity index (χ1v) is 7.96. The smallest absolute Gasteiger partial charge is 0.177 e. The van der Waals surface area contributed by atoms with Crippen molar-refractivity contribution < 1.29 is 19.3 Å². The molecule has 5 nitrogen and oxygen atoms in total. The van der Waals surface area contributed by atoms with Crippen LogP contribution < -0.4 is 14.6 Å². The summed E-state index contributed by atoms with van der Waals surface area (Å²) in [5.74, 6) is -1.45. The normalized spacial score (nSPS) is 11.8. The summed E-state index contributed by atoms with van der Waals surface area (Å²) in [7, 11) is 3.79. The van der Waals surface area contributed by atoms with Crippen molar-refractivity contribution in [3.8, 4) is 0 Å². The lowest BCUT2D eigenvalue weighted by Gasteiger charge is -2.25. The van der Waals surface area contributed by atoms with E-state index in [9.17, 15) is 14.7 Å². The molecule has 1 aromatic heterocycles. The van der Waals surface area contributed by atoms with E-state index in [1.54, 1.807) is 66.1 Å². The predicted molar refractivity (Wildman–Crippen MR) is 93.1 cm³/mol. The molecule has 24 heavy (non-hydrogen) atoms. The van der Waals surface area contributed by atoms with Crippen molar-refractivity contribution in [1.82, 2.24) is 0 Å². The number of hydrogen-bond acceptors (Lipinski definition) is 4. The summed E-state index contributed by atoms with van der Waals surface area (Å²) < 4.78 is 1.29. The van der Waals surface area contributed by atoms with Crippen LogP contribution in [0.1, 0.15) is 41.5 Å². The number of ketones is 2. The van der Waals surface area contributed by atoms with Gasteiger partial charge in [0.1, 0.15) is 5.57 Å². The van der Waals surface area contributed by atoms with Crippen molar-refractivity contribution in [2.45, 2.75) is 41.5 Å². The number of nitrogens with zero attached hydrogens (tertiary/aromatic N) is 2. The van der Waals surface area contributed by atoms with Gasteiger partial charge in [0.15, 0.2) is 29.8 Å². The number of aromatic nitrogens is 1. The van der Waals surface area contributed by atoms with E-state index in [2.05, 4.69) is 0 Å². The average Bonchev–Trinajstić information content (AvgIpc) is 2.45. The zero-order valence-corrected chi connectivity index (χ0v) is 15.9. The third-order valence-corrected chi connectivity index (χ3v) is 3.59. The van der Waals surface area contributed by atoms with Gasteiger partial charge in [-0.2, -0.15) is 4.57 Å². The summed E-state index contributed by atoms with van der Waals surface area (Å²) in [5.41, 5.74) is -0.964. The first-order valence-electron chi connectivity index (χ1n) is 7.96. The largest absolute Gasteiger partial charge is 0.822 e. The maximum atomic E-state index is 12.9. The monoisotopic (exact) mass is 333 g/mol. The third kappa shape index (κ3) is 4.43. The van der Waals surface area contributed by atoms with Gasteiger partial charge in [-0.3, -0.25) is 9.59 Å². The summed E-state index contributed by atoms with van der Waals surface area (Å²) in [6, 6.07) is 3.53. The first kappa shape index (κ1) is 19.9. The Balaban J connectivity index is 3.53. The average molecular weight is 333 g/mol. The molecule has 0 aliphatic rings. The van der Waals surface area contributed by atoms with E-state index in [-0.39, 0.29) is 5.57 Å². The summed E-state index contributed by atoms with van der Waals surface area (Å²) in [6.07, 6.45) is 3.15. The van der Waals surface area contributed by atoms with Crippen LogP contribution in [-0.4, -0.2) is 25.7 Å². The molecule has 0 N–H and O–H groups in total. The highest BCUT2D eigenvalue weighted by molar-refractivity contribution is 6.25. The molecule has 0 radical (unpaired) electrons. The molecule has 0 saturated heterocycles. The molecule has 0 aromatic carbocycles. The topological polar surface area (TPSA) is 64.3 Å². The van der Waals surface area contributed by atoms with Crippen LogP contribution in [0.4, 0.5) is 5.69 Å². The Labute approximate surface area is 144 Å². The van der Waals surface area contributed by atoms with E-state index in [4.69, 9.17) is 0 Å². The summed E-state index contributed by atoms with van der Waals surface area (Å²) in [4.78, 5) is 27.4. The van der Waals surface area contributed by atoms with Gasteiger partial charge in [0, 0.05) is 42.7 Å². The lowest BCUT2D eigenvalue weighted by atomic mass is 9.78. The highest BCUT2D eigenvalue weighted by Crippen LogP contribution is 2.28. The molecule has 0 amide bonds. The maximum absolute atomic E-state index is 12.9. The van der Waals surface area contributed by atoms with Gasteiger partial charge in [-0.15, -0.1) is 0 Å². The molecule has 1 heterocycles. The van der Waals surface area contributed by atoms with E-state index >= 15 is 0 Å². The fourth-order valence-corrected chi connectivity index (χ4v) is 2.03. The fourth-order valence-electron chi connectivity index (χ4n) is 2.03. The van der Waals surface area contributed by atoms with Gasteiger partial charge in [-0.05, 0) is 0 Å². The van der Waals surface area contributed by atoms with Crippen LogP contribution in [0.25, 0.3) is 5.88 Å². The minimum absolute atomic E-state index is 0.266. The molecule has 0 unspecified atom stereocenters. The highest BCUT2D eigenvalue weighted by Gasteiger charge is 2.37. The minimum Gasteiger partial charge on any atom is -0.822 e. The molecule has 5 heteroatoms. The van der Waals surface area contributed by atoms with Crippen LogP contribution >= 0.6 is 0 Å². The number of pyridine rings is 1. The molecule has 0 aliphatic heterocycles. The first-order chi connectivity index (χ1) is 10.8. The standard InChI is InChI=1S/C19H28N2O3/c1-18(2,3)15(22)14(16(23)19(4,5)6)17(24)21-11-9-13(10-12-21)20(7)8/h9-12H,1-8H3/i21+1. The minimum atomic E-state index is -0.809. The molecule has 0 bridgehead atoms. The summed E-state index contributed by atoms with van der Waals surface area (Å²) >= 11 is 0. The van der Waals surface area contributed by atoms with Crippen molar-refractivity contribution in [2.24, 2.45) is 10.8 Å². The van der Waals surface area contributed by atoms with Gasteiger partial charge in [0.25, 0.3) is 0 Å². The maximum Gasteiger partial charge on any atom is 0.177 e. The van der Waals surface area contributed by atoms with E-state index in [1.165, 1.54) is 4.57 Å². The second kappa shape index (κ2) is 6.75. The Hall–Kier alpha value is -2.17. The number of carbonyl (C=O) groups excluding carboxylic acids is 2. The molecule has 0 aliphatic carbocycles. The summed E-state index contributed by atoms with van der Waals surface area (Å²) in [5, 5.41) is 12.9. The zero-order valence-electron chi connectivity index (χ0n) is 15.9. The van der Waals surface area contributed by atoms with Crippen molar-refractivity contribution in [3.05, 3.63) is 30.1 Å². The van der Waals surface area contributed by atoms with Crippen LogP contribution in [0.3, 0.4) is 0 Å². The molecule has 1 rings (SSSR count). The van der Waals surface area contributed by atoms with Gasteiger partial charge in [0.05, 0.1) is 0 Å². The van der Waals surface area contributed by atoms with Crippen molar-refractivity contribution in [1.29, 1.82) is 0 Å².